The van der Waals surface area contributed by atoms with E-state index < -0.39 is 0 Å². The van der Waals surface area contributed by atoms with Gasteiger partial charge < -0.3 is 4.74 Å². The van der Waals surface area contributed by atoms with Gasteiger partial charge >= 0.3 is 0 Å². The number of benzene rings is 3. The molecule has 35 heavy (non-hydrogen) atoms. The number of aromatic nitrogens is 1. The molecule has 1 aromatic heterocycles. The number of morpholine rings is 1. The Morgan fingerprint density at radius 3 is 2.46 bits per heavy atom. The summed E-state index contributed by atoms with van der Waals surface area (Å²) in [6, 6.07) is 24.1. The van der Waals surface area contributed by atoms with Crippen molar-refractivity contribution in [1.29, 1.82) is 0 Å². The summed E-state index contributed by atoms with van der Waals surface area (Å²) in [5.41, 5.74) is 3.82. The first-order valence-electron chi connectivity index (χ1n) is 11.5. The van der Waals surface area contributed by atoms with Gasteiger partial charge in [0, 0.05) is 36.2 Å². The van der Waals surface area contributed by atoms with E-state index in [0.717, 1.165) is 70.2 Å². The van der Waals surface area contributed by atoms with Crippen LogP contribution >= 0.6 is 39.7 Å². The van der Waals surface area contributed by atoms with Crippen molar-refractivity contribution in [1.82, 2.24) is 9.88 Å². The van der Waals surface area contributed by atoms with Crippen LogP contribution in [0.3, 0.4) is 0 Å². The lowest BCUT2D eigenvalue weighted by Gasteiger charge is -2.27. The number of thiazole rings is 1. The molecule has 1 aliphatic rings. The monoisotopic (exact) mass is 571 g/mol. The lowest BCUT2D eigenvalue weighted by Crippen LogP contribution is -2.39. The zero-order valence-corrected chi connectivity index (χ0v) is 22.4. The summed E-state index contributed by atoms with van der Waals surface area (Å²) in [7, 11) is 0. The molecule has 0 aliphatic carbocycles. The minimum absolute atomic E-state index is 0. The maximum Gasteiger partial charge on any atom is 0.260 e. The molecule has 1 fully saturated rings. The number of carbonyl (C=O) groups is 1. The fourth-order valence-corrected chi connectivity index (χ4v) is 5.70. The third-order valence-electron chi connectivity index (χ3n) is 6.01. The highest BCUT2D eigenvalue weighted by Gasteiger charge is 2.22. The normalized spacial score (nSPS) is 14.0. The minimum Gasteiger partial charge on any atom is -0.379 e. The number of hydrogen-bond acceptors (Lipinski definition) is 5. The minimum atomic E-state index is -0.0142. The Bertz CT molecular complexity index is 1260. The fourth-order valence-electron chi connectivity index (χ4n) is 4.15. The zero-order valence-electron chi connectivity index (χ0n) is 19.2. The molecule has 0 saturated carbocycles. The second-order valence-corrected chi connectivity index (χ2v) is 10.2. The van der Waals surface area contributed by atoms with E-state index in [-0.39, 0.29) is 18.3 Å². The summed E-state index contributed by atoms with van der Waals surface area (Å²) in [6.07, 6.45) is 0.882. The first kappa shape index (κ1) is 25.8. The summed E-state index contributed by atoms with van der Waals surface area (Å²) in [4.78, 5) is 22.7. The van der Waals surface area contributed by atoms with Crippen LogP contribution in [0.4, 0.5) is 5.13 Å². The highest BCUT2D eigenvalue weighted by molar-refractivity contribution is 9.10. The molecule has 182 valence electrons. The smallest absolute Gasteiger partial charge is 0.260 e. The van der Waals surface area contributed by atoms with Crippen molar-refractivity contribution < 1.29 is 9.53 Å². The van der Waals surface area contributed by atoms with Crippen LogP contribution in [0.15, 0.2) is 77.3 Å². The number of nitrogens with zero attached hydrogens (tertiary/aromatic N) is 3. The van der Waals surface area contributed by atoms with Gasteiger partial charge in [-0.05, 0) is 47.9 Å². The van der Waals surface area contributed by atoms with E-state index in [9.17, 15) is 4.79 Å². The van der Waals surface area contributed by atoms with Crippen molar-refractivity contribution in [2.75, 3.05) is 44.3 Å². The maximum atomic E-state index is 13.7. The van der Waals surface area contributed by atoms with Gasteiger partial charge in [-0.1, -0.05) is 69.7 Å². The molecule has 8 heteroatoms. The molecule has 0 spiro atoms. The lowest BCUT2D eigenvalue weighted by atomic mass is 10.0. The summed E-state index contributed by atoms with van der Waals surface area (Å²) in [6.45, 7) is 5.02. The van der Waals surface area contributed by atoms with Crippen molar-refractivity contribution in [3.63, 3.8) is 0 Å². The predicted molar refractivity (Wildman–Crippen MR) is 150 cm³/mol. The van der Waals surface area contributed by atoms with Crippen molar-refractivity contribution in [3.05, 3.63) is 82.8 Å². The quantitative estimate of drug-likeness (QED) is 0.253. The van der Waals surface area contributed by atoms with Crippen molar-refractivity contribution in [3.8, 4) is 11.1 Å². The van der Waals surface area contributed by atoms with Crippen LogP contribution in [-0.2, 0) is 4.74 Å². The van der Waals surface area contributed by atoms with Crippen LogP contribution in [0, 0.1) is 0 Å². The molecule has 1 amide bonds. The van der Waals surface area contributed by atoms with Crippen LogP contribution in [0.25, 0.3) is 21.3 Å². The first-order valence-corrected chi connectivity index (χ1v) is 13.1. The zero-order chi connectivity index (χ0) is 23.3. The summed E-state index contributed by atoms with van der Waals surface area (Å²) >= 11 is 5.10. The van der Waals surface area contributed by atoms with Crippen molar-refractivity contribution >= 4 is 60.9 Å². The molecule has 1 saturated heterocycles. The van der Waals surface area contributed by atoms with E-state index >= 15 is 0 Å². The third-order valence-corrected chi connectivity index (χ3v) is 7.55. The molecule has 5 rings (SSSR count). The number of amides is 1. The molecule has 4 aromatic rings. The molecule has 0 atom stereocenters. The SMILES string of the molecule is Cl.O=C(c1ccc(-c2ccccc2)cc1)N(CCCN1CCOCC1)c1nc2ccc(Br)cc2s1. The number of rotatable bonds is 7. The number of fused-ring (bicyclic) bond motifs is 1. The highest BCUT2D eigenvalue weighted by Crippen LogP contribution is 2.32. The van der Waals surface area contributed by atoms with Gasteiger partial charge in [0.15, 0.2) is 5.13 Å². The van der Waals surface area contributed by atoms with Crippen LogP contribution in [0.2, 0.25) is 0 Å². The first-order chi connectivity index (χ1) is 16.7. The molecule has 5 nitrogen and oxygen atoms in total. The van der Waals surface area contributed by atoms with E-state index in [1.165, 1.54) is 0 Å². The van der Waals surface area contributed by atoms with Crippen LogP contribution < -0.4 is 4.90 Å². The van der Waals surface area contributed by atoms with E-state index in [1.54, 1.807) is 11.3 Å². The Kier molecular flexibility index (Phi) is 8.92. The van der Waals surface area contributed by atoms with Gasteiger partial charge in [-0.25, -0.2) is 4.98 Å². The summed E-state index contributed by atoms with van der Waals surface area (Å²) in [5.74, 6) is -0.0142. The second kappa shape index (κ2) is 12.1. The molecule has 0 radical (unpaired) electrons. The van der Waals surface area contributed by atoms with Gasteiger partial charge in [0.1, 0.15) is 0 Å². The molecule has 3 aromatic carbocycles. The average Bonchev–Trinajstić information content (AvgIpc) is 3.30. The molecule has 0 unspecified atom stereocenters. The number of ether oxygens (including phenoxy) is 1. The Balaban J connectivity index is 0.00000289. The number of carbonyl (C=O) groups excluding carboxylic acids is 1. The van der Waals surface area contributed by atoms with Gasteiger partial charge in [-0.15, -0.1) is 12.4 Å². The van der Waals surface area contributed by atoms with Gasteiger partial charge in [-0.3, -0.25) is 14.6 Å². The molecule has 1 aliphatic heterocycles. The van der Waals surface area contributed by atoms with Gasteiger partial charge in [-0.2, -0.15) is 0 Å². The largest absolute Gasteiger partial charge is 0.379 e. The Morgan fingerprint density at radius 2 is 1.71 bits per heavy atom. The van der Waals surface area contributed by atoms with Crippen LogP contribution in [0.5, 0.6) is 0 Å². The van der Waals surface area contributed by atoms with E-state index in [4.69, 9.17) is 9.72 Å². The van der Waals surface area contributed by atoms with Crippen molar-refractivity contribution in [2.24, 2.45) is 0 Å². The van der Waals surface area contributed by atoms with Crippen molar-refractivity contribution in [2.45, 2.75) is 6.42 Å². The number of anilines is 1. The standard InChI is InChI=1S/C27H26BrN3O2S.ClH/c28-23-11-12-24-25(19-23)34-27(29-24)31(14-4-13-30-15-17-33-18-16-30)26(32)22-9-7-21(8-10-22)20-5-2-1-3-6-20;/h1-3,5-12,19H,4,13-18H2;1H. The summed E-state index contributed by atoms with van der Waals surface area (Å²) < 4.78 is 7.53. The Labute approximate surface area is 224 Å². The maximum absolute atomic E-state index is 13.7. The molecular formula is C27H27BrClN3O2S. The Hall–Kier alpha value is -2.29. The van der Waals surface area contributed by atoms with Gasteiger partial charge in [0.05, 0.1) is 23.4 Å². The van der Waals surface area contributed by atoms with E-state index in [2.05, 4.69) is 39.0 Å². The molecule has 0 bridgehead atoms. The molecule has 2 heterocycles. The molecular weight excluding hydrogens is 546 g/mol. The molecule has 0 N–H and O–H groups in total. The Morgan fingerprint density at radius 1 is 1.00 bits per heavy atom. The average molecular weight is 573 g/mol. The second-order valence-electron chi connectivity index (χ2n) is 8.32. The third kappa shape index (κ3) is 6.29. The highest BCUT2D eigenvalue weighted by atomic mass is 79.9. The predicted octanol–water partition coefficient (Wildman–Crippen LogP) is 6.52. The van der Waals surface area contributed by atoms with Crippen LogP contribution in [0.1, 0.15) is 16.8 Å². The van der Waals surface area contributed by atoms with E-state index in [1.807, 2.05) is 59.5 Å². The van der Waals surface area contributed by atoms with Gasteiger partial charge in [0.25, 0.3) is 5.91 Å². The van der Waals surface area contributed by atoms with Gasteiger partial charge in [0.2, 0.25) is 0 Å². The lowest BCUT2D eigenvalue weighted by molar-refractivity contribution is 0.0376. The summed E-state index contributed by atoms with van der Waals surface area (Å²) in [5, 5.41) is 0.743. The fraction of sp³-hybridized carbons (Fsp3) is 0.259. The number of halogens is 2. The van der Waals surface area contributed by atoms with Crippen LogP contribution in [-0.4, -0.2) is 55.2 Å². The number of hydrogen-bond donors (Lipinski definition) is 0. The topological polar surface area (TPSA) is 45.7 Å². The van der Waals surface area contributed by atoms with E-state index in [0.29, 0.717) is 12.1 Å².